The van der Waals surface area contributed by atoms with Crippen LogP contribution in [0, 0.1) is 11.3 Å². The van der Waals surface area contributed by atoms with Gasteiger partial charge in [0.05, 0.1) is 12.3 Å². The molecule has 21 heavy (non-hydrogen) atoms. The van der Waals surface area contributed by atoms with Crippen molar-refractivity contribution < 1.29 is 25.2 Å². The van der Waals surface area contributed by atoms with Crippen LogP contribution in [0.3, 0.4) is 0 Å². The highest BCUT2D eigenvalue weighted by atomic mass is 16.6. The zero-order chi connectivity index (χ0) is 15.7. The third kappa shape index (κ3) is 2.60. The van der Waals surface area contributed by atoms with E-state index in [0.29, 0.717) is 0 Å². The molecule has 6 N–H and O–H groups in total. The van der Waals surface area contributed by atoms with Gasteiger partial charge in [-0.25, -0.2) is 4.79 Å². The second-order valence-electron chi connectivity index (χ2n) is 4.56. The molecule has 0 aliphatic carbocycles. The molecule has 0 saturated carbocycles. The van der Waals surface area contributed by atoms with E-state index in [-0.39, 0.29) is 5.69 Å². The predicted molar refractivity (Wildman–Crippen MR) is 65.1 cm³/mol. The first-order valence-corrected chi connectivity index (χ1v) is 5.97. The molecule has 114 valence electrons. The Morgan fingerprint density at radius 1 is 1.29 bits per heavy atom. The summed E-state index contributed by atoms with van der Waals surface area (Å²) >= 11 is 0. The van der Waals surface area contributed by atoms with Crippen molar-refractivity contribution >= 4 is 0 Å². The van der Waals surface area contributed by atoms with Gasteiger partial charge in [-0.2, -0.15) is 5.26 Å². The van der Waals surface area contributed by atoms with Crippen LogP contribution in [0.15, 0.2) is 9.59 Å². The Labute approximate surface area is 116 Å². The summed E-state index contributed by atoms with van der Waals surface area (Å²) in [6.45, 7) is -0.724. The Kier molecular flexibility index (Phi) is 4.21. The van der Waals surface area contributed by atoms with Crippen LogP contribution in [-0.2, 0) is 4.74 Å². The van der Waals surface area contributed by atoms with E-state index in [2.05, 4.69) is 4.98 Å². The quantitative estimate of drug-likeness (QED) is 0.332. The first-order chi connectivity index (χ1) is 9.90. The van der Waals surface area contributed by atoms with Crippen LogP contribution in [0.2, 0.25) is 0 Å². The Morgan fingerprint density at radius 2 is 1.95 bits per heavy atom. The standard InChI is InChI=1S/C11H13N3O7/c12-1-3-5(13-11(20)14-10(3)19)9-7(18)6(17)8(21-9)4(16)2-15/h4,6-9,15-18H,2H2,(H2,13,14,19,20)/t4-,6-,7+,8-,9-/m1/s1. The number of nitrogens with zero attached hydrogens (tertiary/aromatic N) is 1. The smallest absolute Gasteiger partial charge is 0.326 e. The van der Waals surface area contributed by atoms with Crippen LogP contribution in [0.25, 0.3) is 0 Å². The van der Waals surface area contributed by atoms with Crippen LogP contribution in [0.5, 0.6) is 0 Å². The summed E-state index contributed by atoms with van der Waals surface area (Å²) in [5.74, 6) is 0. The van der Waals surface area contributed by atoms with Gasteiger partial charge in [-0.15, -0.1) is 0 Å². The van der Waals surface area contributed by atoms with Crippen LogP contribution < -0.4 is 11.2 Å². The van der Waals surface area contributed by atoms with Crippen LogP contribution >= 0.6 is 0 Å². The highest BCUT2D eigenvalue weighted by Gasteiger charge is 2.47. The van der Waals surface area contributed by atoms with Crippen molar-refractivity contribution in [2.45, 2.75) is 30.5 Å². The number of rotatable bonds is 3. The van der Waals surface area contributed by atoms with Gasteiger partial charge in [-0.3, -0.25) is 9.78 Å². The van der Waals surface area contributed by atoms with Crippen LogP contribution in [0.4, 0.5) is 0 Å². The molecule has 1 aromatic heterocycles. The van der Waals surface area contributed by atoms with E-state index >= 15 is 0 Å². The maximum Gasteiger partial charge on any atom is 0.326 e. The summed E-state index contributed by atoms with van der Waals surface area (Å²) in [5.41, 5.74) is -2.66. The summed E-state index contributed by atoms with van der Waals surface area (Å²) < 4.78 is 5.19. The second kappa shape index (κ2) is 5.76. The molecule has 0 amide bonds. The van der Waals surface area contributed by atoms with Crippen molar-refractivity contribution in [3.8, 4) is 6.07 Å². The van der Waals surface area contributed by atoms with E-state index in [1.165, 1.54) is 0 Å². The number of nitriles is 1. The first kappa shape index (κ1) is 15.4. The number of hydrogen-bond donors (Lipinski definition) is 6. The third-order valence-electron chi connectivity index (χ3n) is 3.23. The van der Waals surface area contributed by atoms with Gasteiger partial charge >= 0.3 is 5.69 Å². The zero-order valence-electron chi connectivity index (χ0n) is 10.6. The number of aliphatic hydroxyl groups is 4. The van der Waals surface area contributed by atoms with E-state index in [4.69, 9.17) is 15.1 Å². The van der Waals surface area contributed by atoms with Crippen molar-refractivity contribution in [3.63, 3.8) is 0 Å². The molecule has 1 saturated heterocycles. The molecule has 1 aromatic rings. The van der Waals surface area contributed by atoms with Gasteiger partial charge in [0.25, 0.3) is 5.56 Å². The summed E-state index contributed by atoms with van der Waals surface area (Å²) in [4.78, 5) is 26.8. The van der Waals surface area contributed by atoms with Gasteiger partial charge in [0.2, 0.25) is 0 Å². The van der Waals surface area contributed by atoms with Gasteiger partial charge in [0.1, 0.15) is 42.2 Å². The number of aromatic amines is 2. The molecule has 0 unspecified atom stereocenters. The lowest BCUT2D eigenvalue weighted by molar-refractivity contribution is -0.0827. The number of hydrogen-bond acceptors (Lipinski definition) is 8. The molecule has 0 spiro atoms. The molecule has 1 aliphatic heterocycles. The van der Waals surface area contributed by atoms with E-state index in [0.717, 1.165) is 0 Å². The minimum absolute atomic E-state index is 0.301. The molecule has 0 aromatic carbocycles. The first-order valence-electron chi connectivity index (χ1n) is 5.97. The molecule has 2 rings (SSSR count). The Morgan fingerprint density at radius 3 is 2.52 bits per heavy atom. The maximum atomic E-state index is 11.5. The number of nitrogens with one attached hydrogen (secondary N) is 2. The van der Waals surface area contributed by atoms with Gasteiger partial charge < -0.3 is 30.1 Å². The lowest BCUT2D eigenvalue weighted by Crippen LogP contribution is -2.40. The molecule has 2 heterocycles. The zero-order valence-corrected chi connectivity index (χ0v) is 10.6. The molecule has 10 heteroatoms. The largest absolute Gasteiger partial charge is 0.394 e. The molecular formula is C11H13N3O7. The number of ether oxygens (including phenoxy) is 1. The van der Waals surface area contributed by atoms with Crippen molar-refractivity contribution in [1.82, 2.24) is 9.97 Å². The third-order valence-corrected chi connectivity index (χ3v) is 3.23. The lowest BCUT2D eigenvalue weighted by atomic mass is 10.0. The van der Waals surface area contributed by atoms with Crippen molar-refractivity contribution in [1.29, 1.82) is 5.26 Å². The minimum Gasteiger partial charge on any atom is -0.394 e. The van der Waals surface area contributed by atoms with E-state index in [1.54, 1.807) is 6.07 Å². The normalized spacial score (nSPS) is 30.0. The molecule has 1 aliphatic rings. The van der Waals surface area contributed by atoms with E-state index in [9.17, 15) is 24.9 Å². The summed E-state index contributed by atoms with van der Waals surface area (Å²) in [6.07, 6.45) is -7.36. The Balaban J connectivity index is 2.47. The van der Waals surface area contributed by atoms with E-state index in [1.807, 2.05) is 4.98 Å². The molecule has 5 atom stereocenters. The summed E-state index contributed by atoms with van der Waals surface area (Å²) in [7, 11) is 0. The number of aliphatic hydroxyl groups excluding tert-OH is 4. The van der Waals surface area contributed by atoms with Gasteiger partial charge in [0.15, 0.2) is 0 Å². The molecule has 0 radical (unpaired) electrons. The monoisotopic (exact) mass is 299 g/mol. The summed E-state index contributed by atoms with van der Waals surface area (Å²) in [5, 5.41) is 47.0. The molecule has 10 nitrogen and oxygen atoms in total. The SMILES string of the molecule is N#Cc1c([C@H]2O[C@H]([C@H](O)CO)[C@H](O)[C@@H]2O)[nH]c(=O)[nH]c1=O. The highest BCUT2D eigenvalue weighted by molar-refractivity contribution is 5.33. The average molecular weight is 299 g/mol. The fourth-order valence-corrected chi connectivity index (χ4v) is 2.19. The lowest BCUT2D eigenvalue weighted by Gasteiger charge is -2.18. The van der Waals surface area contributed by atoms with Crippen molar-refractivity contribution in [2.75, 3.05) is 6.61 Å². The molecule has 0 bridgehead atoms. The van der Waals surface area contributed by atoms with Gasteiger partial charge in [0, 0.05) is 0 Å². The second-order valence-corrected chi connectivity index (χ2v) is 4.56. The number of H-pyrrole nitrogens is 2. The maximum absolute atomic E-state index is 11.5. The number of aromatic nitrogens is 2. The Bertz CT molecular complexity index is 676. The molecular weight excluding hydrogens is 286 g/mol. The van der Waals surface area contributed by atoms with Crippen molar-refractivity contribution in [2.24, 2.45) is 0 Å². The topological polar surface area (TPSA) is 180 Å². The predicted octanol–water partition coefficient (Wildman–Crippen LogP) is -3.55. The van der Waals surface area contributed by atoms with Gasteiger partial charge in [-0.05, 0) is 0 Å². The average Bonchev–Trinajstić information content (AvgIpc) is 2.74. The summed E-state index contributed by atoms with van der Waals surface area (Å²) in [6, 6.07) is 1.56. The molecule has 1 fully saturated rings. The van der Waals surface area contributed by atoms with Gasteiger partial charge in [-0.1, -0.05) is 0 Å². The van der Waals surface area contributed by atoms with E-state index < -0.39 is 53.9 Å². The fourth-order valence-electron chi connectivity index (χ4n) is 2.19. The van der Waals surface area contributed by atoms with Crippen LogP contribution in [-0.4, -0.2) is 61.4 Å². The van der Waals surface area contributed by atoms with Crippen molar-refractivity contribution in [3.05, 3.63) is 32.1 Å². The van der Waals surface area contributed by atoms with Crippen LogP contribution in [0.1, 0.15) is 17.4 Å². The highest BCUT2D eigenvalue weighted by Crippen LogP contribution is 2.34. The Hall–Kier alpha value is -2.03. The minimum atomic E-state index is -1.60. The fraction of sp³-hybridized carbons (Fsp3) is 0.545.